The van der Waals surface area contributed by atoms with Crippen molar-refractivity contribution >= 4 is 11.8 Å². The van der Waals surface area contributed by atoms with Crippen molar-refractivity contribution in [3.05, 3.63) is 47.7 Å². The zero-order valence-electron chi connectivity index (χ0n) is 14.5. The monoisotopic (exact) mass is 379 g/mol. The van der Waals surface area contributed by atoms with Gasteiger partial charge < -0.3 is 10.6 Å². The van der Waals surface area contributed by atoms with Crippen LogP contribution < -0.4 is 15.7 Å². The van der Waals surface area contributed by atoms with Gasteiger partial charge in [0.05, 0.1) is 12.6 Å². The molecule has 0 unspecified atom stereocenters. The maximum absolute atomic E-state index is 13.6. The average Bonchev–Trinajstić information content (AvgIpc) is 3.33. The molecule has 0 spiro atoms. The Morgan fingerprint density at radius 1 is 1.19 bits per heavy atom. The Morgan fingerprint density at radius 2 is 2.00 bits per heavy atom. The van der Waals surface area contributed by atoms with Crippen LogP contribution in [0.3, 0.4) is 0 Å². The molecule has 3 heterocycles. The summed E-state index contributed by atoms with van der Waals surface area (Å²) in [6.45, 7) is 1.92. The fourth-order valence-corrected chi connectivity index (χ4v) is 3.43. The van der Waals surface area contributed by atoms with Gasteiger partial charge in [0.15, 0.2) is 5.82 Å². The van der Waals surface area contributed by atoms with E-state index >= 15 is 0 Å². The quantitative estimate of drug-likeness (QED) is 0.851. The van der Waals surface area contributed by atoms with Crippen LogP contribution in [0.2, 0.25) is 0 Å². The van der Waals surface area contributed by atoms with Crippen LogP contribution in [-0.2, 0) is 11.0 Å². The number of nitrogens with zero attached hydrogens (tertiary/aromatic N) is 3. The molecule has 0 radical (unpaired) electrons. The minimum atomic E-state index is -4.57. The summed E-state index contributed by atoms with van der Waals surface area (Å²) in [6, 6.07) is 9.11. The molecule has 2 N–H and O–H groups in total. The van der Waals surface area contributed by atoms with E-state index in [1.165, 1.54) is 5.06 Å². The molecule has 2 atom stereocenters. The van der Waals surface area contributed by atoms with Gasteiger partial charge in [-0.25, -0.2) is 10.0 Å². The summed E-state index contributed by atoms with van der Waals surface area (Å²) in [5.74, 6) is -0.0775. The molecular weight excluding hydrogens is 359 g/mol. The first-order valence-electron chi connectivity index (χ1n) is 8.91. The number of halogens is 3. The maximum Gasteiger partial charge on any atom is 0.421 e. The molecule has 1 aromatic carbocycles. The lowest BCUT2D eigenvalue weighted by Crippen LogP contribution is -2.28. The van der Waals surface area contributed by atoms with E-state index < -0.39 is 11.7 Å². The standard InChI is InChI=1S/C18H20F3N5O/c19-18(20,21)14-11-23-17(24-13-6-8-22-10-13)25-16(14)26-15(7-9-27-26)12-4-2-1-3-5-12/h1-5,11,13,15,22H,6-10H2,(H,23,24,25)/t13-,15+/m1/s1. The number of anilines is 2. The van der Waals surface area contributed by atoms with Crippen molar-refractivity contribution in [1.29, 1.82) is 0 Å². The molecule has 1 aromatic heterocycles. The maximum atomic E-state index is 13.6. The lowest BCUT2D eigenvalue weighted by atomic mass is 10.0. The number of benzene rings is 1. The van der Waals surface area contributed by atoms with Gasteiger partial charge in [-0.2, -0.15) is 18.2 Å². The SMILES string of the molecule is FC(F)(F)c1cnc(N[C@@H]2CCNC2)nc1N1OCC[C@H]1c1ccccc1. The van der Waals surface area contributed by atoms with Crippen LogP contribution in [0, 0.1) is 0 Å². The van der Waals surface area contributed by atoms with Crippen molar-refractivity contribution in [2.24, 2.45) is 0 Å². The van der Waals surface area contributed by atoms with Crippen LogP contribution in [0.1, 0.15) is 30.0 Å². The van der Waals surface area contributed by atoms with Gasteiger partial charge in [0.1, 0.15) is 5.56 Å². The van der Waals surface area contributed by atoms with Gasteiger partial charge in [-0.3, -0.25) is 4.84 Å². The van der Waals surface area contributed by atoms with E-state index in [0.717, 1.165) is 31.3 Å². The van der Waals surface area contributed by atoms with Crippen LogP contribution in [0.5, 0.6) is 0 Å². The molecular formula is C18H20F3N5O. The minimum absolute atomic E-state index is 0.0963. The first kappa shape index (κ1) is 18.0. The van der Waals surface area contributed by atoms with E-state index in [-0.39, 0.29) is 23.8 Å². The summed E-state index contributed by atoms with van der Waals surface area (Å²) in [5, 5.41) is 7.57. The Kier molecular flexibility index (Phi) is 4.88. The summed E-state index contributed by atoms with van der Waals surface area (Å²) in [7, 11) is 0. The van der Waals surface area contributed by atoms with E-state index in [1.54, 1.807) is 0 Å². The van der Waals surface area contributed by atoms with Crippen LogP contribution in [0.15, 0.2) is 36.5 Å². The van der Waals surface area contributed by atoms with E-state index in [9.17, 15) is 13.2 Å². The second-order valence-electron chi connectivity index (χ2n) is 6.64. The largest absolute Gasteiger partial charge is 0.421 e. The number of rotatable bonds is 4. The molecule has 4 rings (SSSR count). The fraction of sp³-hybridized carbons (Fsp3) is 0.444. The van der Waals surface area contributed by atoms with Crippen LogP contribution in [-0.4, -0.2) is 35.7 Å². The lowest BCUT2D eigenvalue weighted by Gasteiger charge is -2.26. The van der Waals surface area contributed by atoms with E-state index in [0.29, 0.717) is 13.0 Å². The smallest absolute Gasteiger partial charge is 0.350 e. The normalized spacial score (nSPS) is 23.0. The third-order valence-corrected chi connectivity index (χ3v) is 4.77. The molecule has 2 aliphatic heterocycles. The Labute approximate surface area is 154 Å². The van der Waals surface area contributed by atoms with Gasteiger partial charge in [0, 0.05) is 25.2 Å². The number of hydrogen-bond donors (Lipinski definition) is 2. The third-order valence-electron chi connectivity index (χ3n) is 4.77. The van der Waals surface area contributed by atoms with Gasteiger partial charge in [-0.15, -0.1) is 0 Å². The van der Waals surface area contributed by atoms with Crippen molar-refractivity contribution in [2.45, 2.75) is 31.1 Å². The Balaban J connectivity index is 1.69. The minimum Gasteiger partial charge on any atom is -0.350 e. The van der Waals surface area contributed by atoms with Gasteiger partial charge in [-0.05, 0) is 18.5 Å². The highest BCUT2D eigenvalue weighted by atomic mass is 19.4. The molecule has 2 fully saturated rings. The molecule has 9 heteroatoms. The van der Waals surface area contributed by atoms with Crippen LogP contribution >= 0.6 is 0 Å². The topological polar surface area (TPSA) is 62.3 Å². The van der Waals surface area contributed by atoms with Crippen molar-refractivity contribution in [1.82, 2.24) is 15.3 Å². The van der Waals surface area contributed by atoms with Crippen LogP contribution in [0.25, 0.3) is 0 Å². The number of hydrogen-bond acceptors (Lipinski definition) is 6. The first-order chi connectivity index (χ1) is 13.0. The average molecular weight is 379 g/mol. The zero-order valence-corrected chi connectivity index (χ0v) is 14.5. The summed E-state index contributed by atoms with van der Waals surface area (Å²) < 4.78 is 40.7. The van der Waals surface area contributed by atoms with Gasteiger partial charge in [0.2, 0.25) is 5.95 Å². The molecule has 0 saturated carbocycles. The molecule has 0 amide bonds. The molecule has 2 aromatic rings. The fourth-order valence-electron chi connectivity index (χ4n) is 3.43. The highest BCUT2D eigenvalue weighted by Crippen LogP contribution is 2.41. The molecule has 0 aliphatic carbocycles. The van der Waals surface area contributed by atoms with Crippen molar-refractivity contribution in [3.63, 3.8) is 0 Å². The number of nitrogens with one attached hydrogen (secondary N) is 2. The predicted octanol–water partition coefficient (Wildman–Crippen LogP) is 3.15. The van der Waals surface area contributed by atoms with E-state index in [2.05, 4.69) is 20.6 Å². The van der Waals surface area contributed by atoms with Crippen molar-refractivity contribution in [2.75, 3.05) is 30.1 Å². The Bertz CT molecular complexity index is 780. The highest BCUT2D eigenvalue weighted by molar-refractivity contribution is 5.52. The molecule has 6 nitrogen and oxygen atoms in total. The van der Waals surface area contributed by atoms with E-state index in [1.807, 2.05) is 30.3 Å². The number of aromatic nitrogens is 2. The highest BCUT2D eigenvalue weighted by Gasteiger charge is 2.40. The number of hydroxylamine groups is 1. The van der Waals surface area contributed by atoms with Gasteiger partial charge >= 0.3 is 6.18 Å². The third kappa shape index (κ3) is 3.84. The summed E-state index contributed by atoms with van der Waals surface area (Å²) in [4.78, 5) is 13.6. The predicted molar refractivity (Wildman–Crippen MR) is 94.2 cm³/mol. The summed E-state index contributed by atoms with van der Waals surface area (Å²) >= 11 is 0. The molecule has 2 aliphatic rings. The second-order valence-corrected chi connectivity index (χ2v) is 6.64. The Hall–Kier alpha value is -2.39. The molecule has 0 bridgehead atoms. The zero-order chi connectivity index (χ0) is 18.9. The van der Waals surface area contributed by atoms with Gasteiger partial charge in [-0.1, -0.05) is 30.3 Å². The molecule has 27 heavy (non-hydrogen) atoms. The van der Waals surface area contributed by atoms with E-state index in [4.69, 9.17) is 4.84 Å². The molecule has 144 valence electrons. The number of alkyl halides is 3. The summed E-state index contributed by atoms with van der Waals surface area (Å²) in [6.07, 6.45) is -2.29. The van der Waals surface area contributed by atoms with Gasteiger partial charge in [0.25, 0.3) is 0 Å². The molecule has 2 saturated heterocycles. The van der Waals surface area contributed by atoms with Crippen LogP contribution in [0.4, 0.5) is 24.9 Å². The Morgan fingerprint density at radius 3 is 2.70 bits per heavy atom. The van der Waals surface area contributed by atoms with Crippen molar-refractivity contribution < 1.29 is 18.0 Å². The second kappa shape index (κ2) is 7.32. The summed E-state index contributed by atoms with van der Waals surface area (Å²) in [5.41, 5.74) is -0.0170. The first-order valence-corrected chi connectivity index (χ1v) is 8.91. The van der Waals surface area contributed by atoms with Crippen molar-refractivity contribution in [3.8, 4) is 0 Å². The lowest BCUT2D eigenvalue weighted by molar-refractivity contribution is -0.138.